The summed E-state index contributed by atoms with van der Waals surface area (Å²) in [6.45, 7) is 3.38. The zero-order valence-electron chi connectivity index (χ0n) is 17.7. The molecule has 1 N–H and O–H groups in total. The number of hydrogen-bond donors (Lipinski definition) is 1. The first-order valence-electron chi connectivity index (χ1n) is 10.4. The molecule has 0 saturated heterocycles. The highest BCUT2D eigenvalue weighted by Crippen LogP contribution is 2.30. The molecule has 3 aromatic rings. The van der Waals surface area contributed by atoms with Gasteiger partial charge in [0.2, 0.25) is 0 Å². The van der Waals surface area contributed by atoms with E-state index in [2.05, 4.69) is 5.32 Å². The van der Waals surface area contributed by atoms with E-state index in [1.54, 1.807) is 4.90 Å². The maximum atomic E-state index is 13.0. The smallest absolute Gasteiger partial charge is 0.345 e. The predicted molar refractivity (Wildman–Crippen MR) is 121 cm³/mol. The second-order valence-corrected chi connectivity index (χ2v) is 7.91. The maximum absolute atomic E-state index is 13.0. The molecule has 0 saturated carbocycles. The molecule has 0 aliphatic heterocycles. The molecule has 0 bridgehead atoms. The monoisotopic (exact) mass is 463 g/mol. The van der Waals surface area contributed by atoms with E-state index in [1.165, 1.54) is 12.1 Å². The molecule has 8 heteroatoms. The summed E-state index contributed by atoms with van der Waals surface area (Å²) in [5.74, 6) is 0. The van der Waals surface area contributed by atoms with Crippen LogP contribution >= 0.6 is 11.6 Å². The largest absolute Gasteiger partial charge is 0.416 e. The van der Waals surface area contributed by atoms with Crippen molar-refractivity contribution >= 4 is 23.3 Å². The van der Waals surface area contributed by atoms with Gasteiger partial charge in [-0.05, 0) is 48.4 Å². The zero-order chi connectivity index (χ0) is 23.1. The van der Waals surface area contributed by atoms with Gasteiger partial charge >= 0.3 is 12.2 Å². The summed E-state index contributed by atoms with van der Waals surface area (Å²) in [5, 5.41) is 3.27. The zero-order valence-corrected chi connectivity index (χ0v) is 18.5. The van der Waals surface area contributed by atoms with E-state index in [0.717, 1.165) is 36.2 Å². The lowest BCUT2D eigenvalue weighted by Crippen LogP contribution is -2.36. The molecule has 0 atom stereocenters. The van der Waals surface area contributed by atoms with Crippen molar-refractivity contribution in [3.63, 3.8) is 0 Å². The number of anilines is 1. The first kappa shape index (κ1) is 23.7. The Kier molecular flexibility index (Phi) is 7.85. The Labute approximate surface area is 190 Å². The minimum atomic E-state index is -4.47. The van der Waals surface area contributed by atoms with Gasteiger partial charge in [0.05, 0.1) is 12.1 Å². The van der Waals surface area contributed by atoms with Crippen LogP contribution in [0.3, 0.4) is 0 Å². The molecule has 32 heavy (non-hydrogen) atoms. The van der Waals surface area contributed by atoms with E-state index in [-0.39, 0.29) is 5.69 Å². The second-order valence-electron chi connectivity index (χ2n) is 7.50. The number of urea groups is 1. The fourth-order valence-electron chi connectivity index (χ4n) is 3.33. The highest BCUT2D eigenvalue weighted by Gasteiger charge is 2.30. The third-order valence-electron chi connectivity index (χ3n) is 5.08. The van der Waals surface area contributed by atoms with Gasteiger partial charge in [-0.1, -0.05) is 49.2 Å². The van der Waals surface area contributed by atoms with Gasteiger partial charge in [0.1, 0.15) is 0 Å². The summed E-state index contributed by atoms with van der Waals surface area (Å²) in [6.07, 6.45) is -0.890. The van der Waals surface area contributed by atoms with Gasteiger partial charge in [-0.25, -0.2) is 4.79 Å². The summed E-state index contributed by atoms with van der Waals surface area (Å²) in [7, 11) is 0. The van der Waals surface area contributed by atoms with Crippen LogP contribution in [0.1, 0.15) is 36.6 Å². The van der Waals surface area contributed by atoms with Gasteiger partial charge in [-0.3, -0.25) is 0 Å². The number of carbonyl (C=O) groups excluding carboxylic acids is 1. The van der Waals surface area contributed by atoms with Crippen molar-refractivity contribution in [2.75, 3.05) is 11.9 Å². The summed E-state index contributed by atoms with van der Waals surface area (Å²) in [6, 6.07) is 15.6. The first-order chi connectivity index (χ1) is 15.3. The van der Waals surface area contributed by atoms with Crippen molar-refractivity contribution in [2.24, 2.45) is 0 Å². The van der Waals surface area contributed by atoms with Crippen molar-refractivity contribution in [3.8, 4) is 0 Å². The van der Waals surface area contributed by atoms with Crippen LogP contribution in [0.15, 0.2) is 66.9 Å². The number of hydrogen-bond acceptors (Lipinski definition) is 1. The van der Waals surface area contributed by atoms with Crippen LogP contribution in [0.2, 0.25) is 5.02 Å². The van der Waals surface area contributed by atoms with Crippen LogP contribution in [0.25, 0.3) is 0 Å². The van der Waals surface area contributed by atoms with Gasteiger partial charge in [-0.2, -0.15) is 13.2 Å². The third kappa shape index (κ3) is 6.29. The van der Waals surface area contributed by atoms with Gasteiger partial charge in [0, 0.05) is 35.7 Å². The second kappa shape index (κ2) is 10.6. The van der Waals surface area contributed by atoms with E-state index >= 15 is 0 Å². The normalized spacial score (nSPS) is 11.4. The number of rotatable bonds is 8. The van der Waals surface area contributed by atoms with Crippen LogP contribution in [-0.2, 0) is 19.3 Å². The molecule has 3 rings (SSSR count). The molecule has 0 unspecified atom stereocenters. The molecule has 170 valence electrons. The Morgan fingerprint density at radius 2 is 1.88 bits per heavy atom. The standard InChI is InChI=1S/C24H25ClF3N3O/c1-2-3-13-31(23(32)29-20-10-6-9-19(15-20)24(26,27)28)17-21-11-7-14-30(21)16-18-8-4-5-12-22(18)25/h4-12,14-15H,2-3,13,16-17H2,1H3,(H,29,32). The number of alkyl halides is 3. The number of benzene rings is 2. The highest BCUT2D eigenvalue weighted by molar-refractivity contribution is 6.31. The quantitative estimate of drug-likeness (QED) is 0.382. The lowest BCUT2D eigenvalue weighted by molar-refractivity contribution is -0.137. The van der Waals surface area contributed by atoms with Gasteiger partial charge in [0.25, 0.3) is 0 Å². The Hall–Kier alpha value is -2.93. The SMILES string of the molecule is CCCCN(Cc1cccn1Cc1ccccc1Cl)C(=O)Nc1cccc(C(F)(F)F)c1. The molecule has 2 aromatic carbocycles. The maximum Gasteiger partial charge on any atom is 0.416 e. The molecule has 1 heterocycles. The predicted octanol–water partition coefficient (Wildman–Crippen LogP) is 7.04. The number of nitrogens with zero attached hydrogens (tertiary/aromatic N) is 2. The summed E-state index contributed by atoms with van der Waals surface area (Å²) >= 11 is 6.29. The lowest BCUT2D eigenvalue weighted by Gasteiger charge is -2.24. The van der Waals surface area contributed by atoms with Crippen molar-refractivity contribution in [1.29, 1.82) is 0 Å². The molecular formula is C24H25ClF3N3O. The molecular weight excluding hydrogens is 439 g/mol. The van der Waals surface area contributed by atoms with Gasteiger partial charge in [-0.15, -0.1) is 0 Å². The van der Waals surface area contributed by atoms with Crippen LogP contribution in [0.5, 0.6) is 0 Å². The fourth-order valence-corrected chi connectivity index (χ4v) is 3.53. The number of unbranched alkanes of at least 4 members (excludes halogenated alkanes) is 1. The highest BCUT2D eigenvalue weighted by atomic mass is 35.5. The molecule has 2 amide bonds. The minimum absolute atomic E-state index is 0.109. The molecule has 0 fully saturated rings. The number of amides is 2. The molecule has 0 aliphatic rings. The number of carbonyl (C=O) groups is 1. The lowest BCUT2D eigenvalue weighted by atomic mass is 10.2. The molecule has 0 spiro atoms. The third-order valence-corrected chi connectivity index (χ3v) is 5.45. The number of nitrogens with one attached hydrogen (secondary N) is 1. The van der Waals surface area contributed by atoms with Crippen molar-refractivity contribution in [2.45, 2.75) is 39.0 Å². The van der Waals surface area contributed by atoms with Gasteiger partial charge < -0.3 is 14.8 Å². The Bertz CT molecular complexity index is 1050. The van der Waals surface area contributed by atoms with Crippen molar-refractivity contribution < 1.29 is 18.0 Å². The van der Waals surface area contributed by atoms with E-state index in [4.69, 9.17) is 11.6 Å². The Morgan fingerprint density at radius 1 is 1.09 bits per heavy atom. The van der Waals surface area contributed by atoms with Crippen molar-refractivity contribution in [1.82, 2.24) is 9.47 Å². The Morgan fingerprint density at radius 3 is 2.59 bits per heavy atom. The summed E-state index contributed by atoms with van der Waals surface area (Å²) in [4.78, 5) is 14.5. The van der Waals surface area contributed by atoms with E-state index in [9.17, 15) is 18.0 Å². The molecule has 4 nitrogen and oxygen atoms in total. The topological polar surface area (TPSA) is 37.3 Å². The minimum Gasteiger partial charge on any atom is -0.345 e. The van der Waals surface area contributed by atoms with Crippen molar-refractivity contribution in [3.05, 3.63) is 88.7 Å². The molecule has 1 aromatic heterocycles. The van der Waals surface area contributed by atoms with E-state index in [1.807, 2.05) is 54.1 Å². The number of aromatic nitrogens is 1. The van der Waals surface area contributed by atoms with Gasteiger partial charge in [0.15, 0.2) is 0 Å². The summed E-state index contributed by atoms with van der Waals surface area (Å²) in [5.41, 5.74) is 1.17. The van der Waals surface area contributed by atoms with Crippen LogP contribution in [-0.4, -0.2) is 22.0 Å². The molecule has 0 radical (unpaired) electrons. The molecule has 0 aliphatic carbocycles. The Balaban J connectivity index is 1.76. The van der Waals surface area contributed by atoms with Crippen LogP contribution in [0, 0.1) is 0 Å². The average Bonchev–Trinajstić information content (AvgIpc) is 3.19. The van der Waals surface area contributed by atoms with E-state index in [0.29, 0.717) is 24.7 Å². The van der Waals surface area contributed by atoms with Crippen LogP contribution < -0.4 is 5.32 Å². The van der Waals surface area contributed by atoms with E-state index < -0.39 is 17.8 Å². The van der Waals surface area contributed by atoms with Crippen LogP contribution in [0.4, 0.5) is 23.7 Å². The number of halogens is 4. The average molecular weight is 464 g/mol. The summed E-state index contributed by atoms with van der Waals surface area (Å²) < 4.78 is 41.0. The first-order valence-corrected chi connectivity index (χ1v) is 10.8. The fraction of sp³-hybridized carbons (Fsp3) is 0.292.